The number of nitrogens with one attached hydrogen (secondary N) is 1. The second-order valence-corrected chi connectivity index (χ2v) is 9.57. The summed E-state index contributed by atoms with van der Waals surface area (Å²) in [6.45, 7) is 7.82. The number of hydrogen-bond donors (Lipinski definition) is 2. The number of rotatable bonds is 5. The summed E-state index contributed by atoms with van der Waals surface area (Å²) >= 11 is 5.20. The number of fused-ring (bicyclic) bond motifs is 2. The summed E-state index contributed by atoms with van der Waals surface area (Å²) < 4.78 is 2.85. The number of halogens is 1. The number of hydrogen-bond acceptors (Lipinski definition) is 8. The Morgan fingerprint density at radius 3 is 2.83 bits per heavy atom. The van der Waals surface area contributed by atoms with Gasteiger partial charge in [-0.2, -0.15) is 0 Å². The predicted molar refractivity (Wildman–Crippen MR) is 121 cm³/mol. The zero-order valence-electron chi connectivity index (χ0n) is 16.9. The van der Waals surface area contributed by atoms with Gasteiger partial charge in [0.2, 0.25) is 0 Å². The number of aromatic amines is 1. The van der Waals surface area contributed by atoms with E-state index in [0.717, 1.165) is 62.6 Å². The Morgan fingerprint density at radius 1 is 1.33 bits per heavy atom. The highest BCUT2D eigenvalue weighted by Gasteiger charge is 2.29. The number of aryl methyl sites for hydroxylation is 1. The van der Waals surface area contributed by atoms with Crippen LogP contribution in [0.25, 0.3) is 22.2 Å². The fourth-order valence-electron chi connectivity index (χ4n) is 3.60. The molecule has 156 valence electrons. The van der Waals surface area contributed by atoms with Crippen molar-refractivity contribution >= 4 is 55.7 Å². The molecule has 1 aliphatic heterocycles. The molecule has 11 heteroatoms. The third kappa shape index (κ3) is 3.25. The summed E-state index contributed by atoms with van der Waals surface area (Å²) in [6, 6.07) is 2.37. The van der Waals surface area contributed by atoms with Gasteiger partial charge in [-0.1, -0.05) is 12.1 Å². The zero-order valence-corrected chi connectivity index (χ0v) is 19.3. The second kappa shape index (κ2) is 7.47. The molecule has 0 aromatic carbocycles. The van der Waals surface area contributed by atoms with E-state index in [-0.39, 0.29) is 12.1 Å². The van der Waals surface area contributed by atoms with E-state index in [1.807, 2.05) is 16.9 Å². The maximum Gasteiger partial charge on any atom is 0.196 e. The number of anilines is 1. The third-order valence-corrected chi connectivity index (χ3v) is 6.87. The van der Waals surface area contributed by atoms with Gasteiger partial charge >= 0.3 is 0 Å². The van der Waals surface area contributed by atoms with Crippen molar-refractivity contribution in [1.29, 1.82) is 0 Å². The van der Waals surface area contributed by atoms with Crippen molar-refractivity contribution in [3.8, 4) is 0 Å². The summed E-state index contributed by atoms with van der Waals surface area (Å²) in [7, 11) is 0. The maximum atomic E-state index is 6.02. The SMILES string of the molecule is CCc1[nH]c2nc(Sc3cnc4c(c3)nnn4C(C)C)nc(N3CC(N)C3)c2c1Br. The molecule has 0 radical (unpaired) electrons. The van der Waals surface area contributed by atoms with Gasteiger partial charge in [0.15, 0.2) is 10.8 Å². The summed E-state index contributed by atoms with van der Waals surface area (Å²) in [5, 5.41) is 10.1. The van der Waals surface area contributed by atoms with E-state index < -0.39 is 0 Å². The fourth-order valence-corrected chi connectivity index (χ4v) is 5.10. The van der Waals surface area contributed by atoms with Crippen molar-refractivity contribution in [1.82, 2.24) is 34.9 Å². The molecular weight excluding hydrogens is 466 g/mol. The van der Waals surface area contributed by atoms with Crippen LogP contribution in [0.5, 0.6) is 0 Å². The quantitative estimate of drug-likeness (QED) is 0.412. The van der Waals surface area contributed by atoms with Crippen LogP contribution in [0.4, 0.5) is 5.82 Å². The first-order valence-corrected chi connectivity index (χ1v) is 11.5. The topological polar surface area (TPSA) is 114 Å². The van der Waals surface area contributed by atoms with E-state index in [1.165, 1.54) is 11.8 Å². The predicted octanol–water partition coefficient (Wildman–Crippen LogP) is 3.30. The number of pyridine rings is 1. The first-order valence-electron chi connectivity index (χ1n) is 9.92. The molecule has 0 amide bonds. The van der Waals surface area contributed by atoms with E-state index in [2.05, 4.69) is 61.9 Å². The minimum Gasteiger partial charge on any atom is -0.353 e. The molecule has 4 aromatic rings. The van der Waals surface area contributed by atoms with Crippen molar-refractivity contribution < 1.29 is 0 Å². The van der Waals surface area contributed by atoms with Gasteiger partial charge in [0.25, 0.3) is 0 Å². The molecule has 9 nitrogen and oxygen atoms in total. The maximum absolute atomic E-state index is 6.02. The lowest BCUT2D eigenvalue weighted by molar-refractivity contribution is 0.514. The summed E-state index contributed by atoms with van der Waals surface area (Å²) in [6.07, 6.45) is 2.70. The van der Waals surface area contributed by atoms with Gasteiger partial charge in [-0.25, -0.2) is 19.6 Å². The van der Waals surface area contributed by atoms with Crippen LogP contribution in [0.3, 0.4) is 0 Å². The van der Waals surface area contributed by atoms with E-state index in [9.17, 15) is 0 Å². The van der Waals surface area contributed by atoms with Crippen molar-refractivity contribution in [2.75, 3.05) is 18.0 Å². The lowest BCUT2D eigenvalue weighted by atomic mass is 10.1. The van der Waals surface area contributed by atoms with E-state index in [4.69, 9.17) is 15.7 Å². The van der Waals surface area contributed by atoms with E-state index in [1.54, 1.807) is 0 Å². The van der Waals surface area contributed by atoms with Crippen LogP contribution in [0.1, 0.15) is 32.5 Å². The molecule has 0 unspecified atom stereocenters. The first-order chi connectivity index (χ1) is 14.4. The lowest BCUT2D eigenvalue weighted by Gasteiger charge is -2.38. The monoisotopic (exact) mass is 487 g/mol. The van der Waals surface area contributed by atoms with Gasteiger partial charge in [0, 0.05) is 35.9 Å². The van der Waals surface area contributed by atoms with Gasteiger partial charge in [-0.05, 0) is 54.0 Å². The summed E-state index contributed by atoms with van der Waals surface area (Å²) in [5.74, 6) is 0.909. The van der Waals surface area contributed by atoms with Gasteiger partial charge < -0.3 is 15.6 Å². The molecule has 5 heterocycles. The molecule has 0 aliphatic carbocycles. The number of H-pyrrole nitrogens is 1. The molecule has 1 saturated heterocycles. The average molecular weight is 488 g/mol. The molecule has 5 rings (SSSR count). The number of aromatic nitrogens is 7. The largest absolute Gasteiger partial charge is 0.353 e. The van der Waals surface area contributed by atoms with Crippen molar-refractivity contribution in [2.24, 2.45) is 5.73 Å². The van der Waals surface area contributed by atoms with Crippen LogP contribution in [-0.2, 0) is 6.42 Å². The molecular formula is C19H22BrN9S. The van der Waals surface area contributed by atoms with Crippen molar-refractivity contribution in [3.63, 3.8) is 0 Å². The smallest absolute Gasteiger partial charge is 0.196 e. The molecule has 0 bridgehead atoms. The molecule has 1 fully saturated rings. The standard InChI is InChI=1S/C19H22BrN9S/c1-4-12-15(20)14-16(23-12)24-19(25-18(14)28-7-10(21)8-28)30-11-5-13-17(22-6-11)29(9(2)3)27-26-13/h5-6,9-10H,4,7-8,21H2,1-3H3,(H,23,24,25). The van der Waals surface area contributed by atoms with Crippen LogP contribution < -0.4 is 10.6 Å². The van der Waals surface area contributed by atoms with E-state index >= 15 is 0 Å². The second-order valence-electron chi connectivity index (χ2n) is 7.73. The number of nitrogens with two attached hydrogens (primary N) is 1. The van der Waals surface area contributed by atoms with Gasteiger partial charge in [0.1, 0.15) is 17.0 Å². The summed E-state index contributed by atoms with van der Waals surface area (Å²) in [4.78, 5) is 20.8. The molecule has 3 N–H and O–H groups in total. The van der Waals surface area contributed by atoms with Crippen LogP contribution in [-0.4, -0.2) is 54.1 Å². The van der Waals surface area contributed by atoms with Crippen LogP contribution in [0, 0.1) is 0 Å². The normalized spacial score (nSPS) is 14.9. The van der Waals surface area contributed by atoms with Gasteiger partial charge in [-0.15, -0.1) is 5.10 Å². The molecule has 4 aromatic heterocycles. The Balaban J connectivity index is 1.55. The van der Waals surface area contributed by atoms with Crippen molar-refractivity contribution in [2.45, 2.75) is 49.3 Å². The van der Waals surface area contributed by atoms with Crippen molar-refractivity contribution in [3.05, 3.63) is 22.4 Å². The lowest BCUT2D eigenvalue weighted by Crippen LogP contribution is -2.56. The zero-order chi connectivity index (χ0) is 21.0. The Hall–Kier alpha value is -2.24. The minimum atomic E-state index is 0.185. The molecule has 0 spiro atoms. The first kappa shape index (κ1) is 19.7. The minimum absolute atomic E-state index is 0.185. The highest BCUT2D eigenvalue weighted by Crippen LogP contribution is 2.38. The molecule has 30 heavy (non-hydrogen) atoms. The molecule has 1 aliphatic rings. The Kier molecular flexibility index (Phi) is 4.91. The number of nitrogens with zero attached hydrogens (tertiary/aromatic N) is 7. The highest BCUT2D eigenvalue weighted by molar-refractivity contribution is 9.10. The van der Waals surface area contributed by atoms with Gasteiger partial charge in [0.05, 0.1) is 15.9 Å². The molecule has 0 atom stereocenters. The molecule has 0 saturated carbocycles. The van der Waals surface area contributed by atoms with Gasteiger partial charge in [-0.3, -0.25) is 0 Å². The van der Waals surface area contributed by atoms with Crippen LogP contribution in [0.15, 0.2) is 26.8 Å². The Bertz CT molecular complexity index is 1240. The Morgan fingerprint density at radius 2 is 2.13 bits per heavy atom. The van der Waals surface area contributed by atoms with Crippen LogP contribution in [0.2, 0.25) is 0 Å². The third-order valence-electron chi connectivity index (χ3n) is 5.17. The Labute approximate surface area is 186 Å². The van der Waals surface area contributed by atoms with Crippen LogP contribution >= 0.6 is 27.7 Å². The summed E-state index contributed by atoms with van der Waals surface area (Å²) in [5.41, 5.74) is 9.50. The fraction of sp³-hybridized carbons (Fsp3) is 0.421. The highest BCUT2D eigenvalue weighted by atomic mass is 79.9. The van der Waals surface area contributed by atoms with E-state index in [0.29, 0.717) is 5.16 Å². The average Bonchev–Trinajstić information content (AvgIpc) is 3.25.